The van der Waals surface area contributed by atoms with Crippen LogP contribution in [-0.2, 0) is 4.79 Å². The fourth-order valence-corrected chi connectivity index (χ4v) is 2.01. The van der Waals surface area contributed by atoms with Crippen LogP contribution in [0.15, 0.2) is 18.2 Å². The second-order valence-corrected chi connectivity index (χ2v) is 3.83. The fourth-order valence-electron chi connectivity index (χ4n) is 2.01. The molecule has 0 spiro atoms. The monoisotopic (exact) mass is 225 g/mol. The maximum absolute atomic E-state index is 12.9. The highest BCUT2D eigenvalue weighted by Crippen LogP contribution is 2.29. The van der Waals surface area contributed by atoms with E-state index in [9.17, 15) is 14.3 Å². The Morgan fingerprint density at radius 2 is 2.25 bits per heavy atom. The number of nitrogens with zero attached hydrogens (tertiary/aromatic N) is 1. The van der Waals surface area contributed by atoms with Gasteiger partial charge in [0.2, 0.25) is 0 Å². The first-order chi connectivity index (χ1) is 7.59. The first kappa shape index (κ1) is 10.7. The van der Waals surface area contributed by atoms with E-state index in [1.54, 1.807) is 4.90 Å². The highest BCUT2D eigenvalue weighted by molar-refractivity contribution is 5.79. The third-order valence-corrected chi connectivity index (χ3v) is 2.80. The summed E-state index contributed by atoms with van der Waals surface area (Å²) in [6, 6.07) is 3.30. The minimum absolute atomic E-state index is 0.450. The zero-order chi connectivity index (χ0) is 11.7. The average molecular weight is 225 g/mol. The average Bonchev–Trinajstić information content (AvgIpc) is 2.71. The first-order valence-corrected chi connectivity index (χ1v) is 5.07. The van der Waals surface area contributed by atoms with Crippen molar-refractivity contribution in [1.82, 2.24) is 0 Å². The smallest absolute Gasteiger partial charge is 0.326 e. The number of hydrogen-bond acceptors (Lipinski definition) is 3. The van der Waals surface area contributed by atoms with Crippen LogP contribution in [0.5, 0.6) is 5.75 Å². The van der Waals surface area contributed by atoms with Gasteiger partial charge in [-0.15, -0.1) is 0 Å². The van der Waals surface area contributed by atoms with E-state index >= 15 is 0 Å². The molecule has 1 aliphatic heterocycles. The molecule has 0 saturated carbocycles. The predicted octanol–water partition coefficient (Wildman–Crippen LogP) is 1.58. The van der Waals surface area contributed by atoms with E-state index in [1.807, 2.05) is 0 Å². The van der Waals surface area contributed by atoms with Gasteiger partial charge in [0, 0.05) is 18.3 Å². The van der Waals surface area contributed by atoms with Crippen molar-refractivity contribution < 1.29 is 19.4 Å². The molecule has 86 valence electrons. The summed E-state index contributed by atoms with van der Waals surface area (Å²) in [5.74, 6) is -2.04. The largest absolute Gasteiger partial charge is 0.505 e. The van der Waals surface area contributed by atoms with Crippen LogP contribution in [-0.4, -0.2) is 28.8 Å². The normalized spacial score (nSPS) is 20.1. The zero-order valence-electron chi connectivity index (χ0n) is 8.56. The van der Waals surface area contributed by atoms with Crippen molar-refractivity contribution in [3.8, 4) is 5.75 Å². The van der Waals surface area contributed by atoms with Crippen LogP contribution in [0.2, 0.25) is 0 Å². The number of halogens is 1. The van der Waals surface area contributed by atoms with Gasteiger partial charge >= 0.3 is 5.97 Å². The molecule has 2 N–H and O–H groups in total. The van der Waals surface area contributed by atoms with E-state index in [4.69, 9.17) is 5.11 Å². The van der Waals surface area contributed by atoms with Crippen LogP contribution >= 0.6 is 0 Å². The van der Waals surface area contributed by atoms with Gasteiger partial charge in [-0.25, -0.2) is 9.18 Å². The highest BCUT2D eigenvalue weighted by atomic mass is 19.1. The Balaban J connectivity index is 2.29. The Morgan fingerprint density at radius 1 is 1.50 bits per heavy atom. The van der Waals surface area contributed by atoms with E-state index in [0.717, 1.165) is 12.5 Å². The van der Waals surface area contributed by atoms with Crippen LogP contribution in [0.4, 0.5) is 10.1 Å². The van der Waals surface area contributed by atoms with Gasteiger partial charge in [0.15, 0.2) is 11.6 Å². The molecule has 5 heteroatoms. The van der Waals surface area contributed by atoms with Crippen molar-refractivity contribution in [3.05, 3.63) is 24.0 Å². The molecule has 0 aliphatic carbocycles. The van der Waals surface area contributed by atoms with Crippen molar-refractivity contribution in [1.29, 1.82) is 0 Å². The first-order valence-electron chi connectivity index (χ1n) is 5.07. The molecule has 1 aromatic carbocycles. The number of carbonyl (C=O) groups is 1. The molecule has 0 amide bonds. The lowest BCUT2D eigenvalue weighted by Crippen LogP contribution is -2.35. The number of phenolic OH excluding ortho intramolecular Hbond substituents is 1. The van der Waals surface area contributed by atoms with Gasteiger partial charge in [0.1, 0.15) is 6.04 Å². The van der Waals surface area contributed by atoms with Gasteiger partial charge in [-0.3, -0.25) is 0 Å². The minimum atomic E-state index is -0.888. The molecule has 1 fully saturated rings. The van der Waals surface area contributed by atoms with Crippen molar-refractivity contribution in [3.63, 3.8) is 0 Å². The maximum atomic E-state index is 12.9. The summed E-state index contributed by atoms with van der Waals surface area (Å²) in [6.45, 7) is 0.613. The summed E-state index contributed by atoms with van der Waals surface area (Å²) in [5, 5.41) is 18.2. The highest BCUT2D eigenvalue weighted by Gasteiger charge is 2.30. The molecule has 4 nitrogen and oxygen atoms in total. The van der Waals surface area contributed by atoms with Crippen molar-refractivity contribution in [2.75, 3.05) is 11.4 Å². The maximum Gasteiger partial charge on any atom is 0.326 e. The molecule has 0 bridgehead atoms. The third-order valence-electron chi connectivity index (χ3n) is 2.80. The number of carboxylic acids is 1. The van der Waals surface area contributed by atoms with Gasteiger partial charge in [0.05, 0.1) is 0 Å². The number of aromatic hydroxyl groups is 1. The van der Waals surface area contributed by atoms with E-state index in [2.05, 4.69) is 0 Å². The Kier molecular flexibility index (Phi) is 2.68. The lowest BCUT2D eigenvalue weighted by Gasteiger charge is -2.23. The van der Waals surface area contributed by atoms with Crippen molar-refractivity contribution in [2.45, 2.75) is 18.9 Å². The quantitative estimate of drug-likeness (QED) is 0.802. The van der Waals surface area contributed by atoms with Crippen LogP contribution in [0, 0.1) is 5.82 Å². The lowest BCUT2D eigenvalue weighted by molar-refractivity contribution is -0.138. The third kappa shape index (κ3) is 1.80. The molecule has 1 unspecified atom stereocenters. The van der Waals surface area contributed by atoms with Crippen LogP contribution in [0.25, 0.3) is 0 Å². The van der Waals surface area contributed by atoms with Gasteiger partial charge < -0.3 is 15.1 Å². The second kappa shape index (κ2) is 4.00. The molecule has 1 atom stereocenters. The van der Waals surface area contributed by atoms with E-state index in [-0.39, 0.29) is 0 Å². The summed E-state index contributed by atoms with van der Waals surface area (Å²) >= 11 is 0. The fraction of sp³-hybridized carbons (Fsp3) is 0.364. The number of benzene rings is 1. The molecule has 1 aromatic rings. The van der Waals surface area contributed by atoms with E-state index < -0.39 is 23.6 Å². The molecular weight excluding hydrogens is 213 g/mol. The van der Waals surface area contributed by atoms with Gasteiger partial charge in [-0.1, -0.05) is 0 Å². The van der Waals surface area contributed by atoms with Gasteiger partial charge in [-0.2, -0.15) is 0 Å². The summed E-state index contributed by atoms with van der Waals surface area (Å²) in [7, 11) is 0. The number of phenols is 1. The topological polar surface area (TPSA) is 60.8 Å². The molecule has 1 aliphatic rings. The predicted molar refractivity (Wildman–Crippen MR) is 56.1 cm³/mol. The molecule has 0 radical (unpaired) electrons. The summed E-state index contributed by atoms with van der Waals surface area (Å²) in [4.78, 5) is 12.6. The summed E-state index contributed by atoms with van der Waals surface area (Å²) in [5.41, 5.74) is 0.545. The number of carboxylic acid groups (broad SMARTS) is 1. The van der Waals surface area contributed by atoms with Crippen LogP contribution < -0.4 is 4.90 Å². The zero-order valence-corrected chi connectivity index (χ0v) is 8.56. The molecule has 1 heterocycles. The number of anilines is 1. The Bertz CT molecular complexity index is 422. The van der Waals surface area contributed by atoms with Gasteiger partial charge in [0.25, 0.3) is 0 Å². The molecule has 16 heavy (non-hydrogen) atoms. The Morgan fingerprint density at radius 3 is 2.88 bits per heavy atom. The molecule has 1 saturated heterocycles. The van der Waals surface area contributed by atoms with E-state index in [0.29, 0.717) is 18.7 Å². The van der Waals surface area contributed by atoms with E-state index in [1.165, 1.54) is 12.1 Å². The molecular formula is C11H12FNO3. The molecule has 2 rings (SSSR count). The number of aliphatic carboxylic acids is 1. The van der Waals surface area contributed by atoms with Crippen LogP contribution in [0.1, 0.15) is 12.8 Å². The lowest BCUT2D eigenvalue weighted by atomic mass is 10.2. The SMILES string of the molecule is O=C(O)C1CCCN1c1ccc(F)c(O)c1. The number of hydrogen-bond donors (Lipinski definition) is 2. The Hall–Kier alpha value is -1.78. The van der Waals surface area contributed by atoms with Gasteiger partial charge in [-0.05, 0) is 25.0 Å². The standard InChI is InChI=1S/C11H12FNO3/c12-8-4-3-7(6-10(8)14)13-5-1-2-9(13)11(15)16/h3-4,6,9,14H,1-2,5H2,(H,15,16). The summed E-state index contributed by atoms with van der Waals surface area (Å²) in [6.07, 6.45) is 1.36. The number of rotatable bonds is 2. The minimum Gasteiger partial charge on any atom is -0.505 e. The molecule has 0 aromatic heterocycles. The second-order valence-electron chi connectivity index (χ2n) is 3.83. The summed E-state index contributed by atoms with van der Waals surface area (Å²) < 4.78 is 12.9. The van der Waals surface area contributed by atoms with Crippen molar-refractivity contribution >= 4 is 11.7 Å². The van der Waals surface area contributed by atoms with Crippen molar-refractivity contribution in [2.24, 2.45) is 0 Å². The van der Waals surface area contributed by atoms with Crippen LogP contribution in [0.3, 0.4) is 0 Å². The Labute approximate surface area is 91.9 Å².